The standard InChI is InChI=1S/C7H16N2O2/c1-7(2,11)5(8)6(10)9(3)4/h5,11H,8H2,1-4H3/t5-/m1/s1. The monoisotopic (exact) mass is 160 g/mol. The molecule has 0 saturated heterocycles. The zero-order chi connectivity index (χ0) is 9.23. The molecule has 1 amide bonds. The van der Waals surface area contributed by atoms with Crippen LogP contribution < -0.4 is 5.73 Å². The van der Waals surface area contributed by atoms with Crippen LogP contribution in [-0.2, 0) is 4.79 Å². The SMILES string of the molecule is CN(C)C(=O)[C@@H](N)C(C)(C)O. The molecule has 0 aromatic carbocycles. The molecule has 0 aliphatic carbocycles. The lowest BCUT2D eigenvalue weighted by atomic mass is 9.99. The van der Waals surface area contributed by atoms with Crippen molar-refractivity contribution >= 4 is 5.91 Å². The first kappa shape index (κ1) is 10.4. The Morgan fingerprint density at radius 2 is 1.91 bits per heavy atom. The van der Waals surface area contributed by atoms with Gasteiger partial charge in [-0.05, 0) is 13.8 Å². The zero-order valence-corrected chi connectivity index (χ0v) is 7.46. The van der Waals surface area contributed by atoms with Crippen LogP contribution in [0, 0.1) is 0 Å². The molecule has 0 aromatic rings. The molecular weight excluding hydrogens is 144 g/mol. The van der Waals surface area contributed by atoms with Crippen molar-refractivity contribution in [3.05, 3.63) is 0 Å². The molecule has 0 aliphatic heterocycles. The van der Waals surface area contributed by atoms with E-state index in [0.717, 1.165) is 0 Å². The summed E-state index contributed by atoms with van der Waals surface area (Å²) in [7, 11) is 3.21. The lowest BCUT2D eigenvalue weighted by Crippen LogP contribution is -2.53. The van der Waals surface area contributed by atoms with Gasteiger partial charge in [0, 0.05) is 14.1 Å². The normalized spacial score (nSPS) is 14.4. The maximum absolute atomic E-state index is 11.1. The van der Waals surface area contributed by atoms with E-state index in [2.05, 4.69) is 0 Å². The van der Waals surface area contributed by atoms with Crippen molar-refractivity contribution in [2.24, 2.45) is 5.73 Å². The lowest BCUT2D eigenvalue weighted by Gasteiger charge is -2.26. The minimum Gasteiger partial charge on any atom is -0.388 e. The number of nitrogens with two attached hydrogens (primary N) is 1. The summed E-state index contributed by atoms with van der Waals surface area (Å²) in [6.07, 6.45) is 0. The molecule has 1 atom stereocenters. The highest BCUT2D eigenvalue weighted by Crippen LogP contribution is 2.07. The minimum absolute atomic E-state index is 0.266. The van der Waals surface area contributed by atoms with Gasteiger partial charge in [-0.15, -0.1) is 0 Å². The lowest BCUT2D eigenvalue weighted by molar-refractivity contribution is -0.135. The molecule has 0 saturated carbocycles. The van der Waals surface area contributed by atoms with Crippen LogP contribution >= 0.6 is 0 Å². The van der Waals surface area contributed by atoms with Gasteiger partial charge in [0.2, 0.25) is 5.91 Å². The summed E-state index contributed by atoms with van der Waals surface area (Å²) in [5.74, 6) is -0.266. The van der Waals surface area contributed by atoms with E-state index < -0.39 is 11.6 Å². The first-order valence-corrected chi connectivity index (χ1v) is 3.46. The molecule has 3 N–H and O–H groups in total. The minimum atomic E-state index is -1.15. The Kier molecular flexibility index (Phi) is 3.02. The van der Waals surface area contributed by atoms with E-state index in [1.807, 2.05) is 0 Å². The zero-order valence-electron chi connectivity index (χ0n) is 7.46. The van der Waals surface area contributed by atoms with Crippen molar-refractivity contribution in [3.8, 4) is 0 Å². The van der Waals surface area contributed by atoms with Crippen LogP contribution in [-0.4, -0.2) is 41.7 Å². The summed E-state index contributed by atoms with van der Waals surface area (Å²) in [6.45, 7) is 3.03. The highest BCUT2D eigenvalue weighted by molar-refractivity contribution is 5.82. The summed E-state index contributed by atoms with van der Waals surface area (Å²) >= 11 is 0. The van der Waals surface area contributed by atoms with Crippen molar-refractivity contribution in [2.75, 3.05) is 14.1 Å². The molecule has 0 unspecified atom stereocenters. The van der Waals surface area contributed by atoms with Gasteiger partial charge < -0.3 is 15.7 Å². The number of carbonyl (C=O) groups is 1. The van der Waals surface area contributed by atoms with Gasteiger partial charge in [0.25, 0.3) is 0 Å². The van der Waals surface area contributed by atoms with Gasteiger partial charge in [-0.25, -0.2) is 0 Å². The fourth-order valence-corrected chi connectivity index (χ4v) is 0.580. The van der Waals surface area contributed by atoms with Crippen molar-refractivity contribution in [3.63, 3.8) is 0 Å². The molecule has 0 spiro atoms. The van der Waals surface area contributed by atoms with Crippen LogP contribution in [0.3, 0.4) is 0 Å². The Morgan fingerprint density at radius 3 is 2.00 bits per heavy atom. The Bertz CT molecular complexity index is 149. The van der Waals surface area contributed by atoms with Gasteiger partial charge in [-0.1, -0.05) is 0 Å². The summed E-state index contributed by atoms with van der Waals surface area (Å²) < 4.78 is 0. The van der Waals surface area contributed by atoms with E-state index in [0.29, 0.717) is 0 Å². The Hall–Kier alpha value is -0.610. The number of carbonyl (C=O) groups excluding carboxylic acids is 1. The maximum Gasteiger partial charge on any atom is 0.241 e. The molecule has 4 nitrogen and oxygen atoms in total. The van der Waals surface area contributed by atoms with Crippen molar-refractivity contribution in [2.45, 2.75) is 25.5 Å². The van der Waals surface area contributed by atoms with E-state index in [1.54, 1.807) is 14.1 Å². The second-order valence-corrected chi connectivity index (χ2v) is 3.36. The Labute approximate surface area is 67.0 Å². The second kappa shape index (κ2) is 3.19. The van der Waals surface area contributed by atoms with Crippen LogP contribution in [0.1, 0.15) is 13.8 Å². The first-order chi connectivity index (χ1) is 4.76. The van der Waals surface area contributed by atoms with E-state index >= 15 is 0 Å². The summed E-state index contributed by atoms with van der Waals surface area (Å²) in [5, 5.41) is 9.33. The molecule has 0 rings (SSSR count). The number of hydrogen-bond acceptors (Lipinski definition) is 3. The molecule has 0 aliphatic rings. The third-order valence-corrected chi connectivity index (χ3v) is 1.47. The third-order valence-electron chi connectivity index (χ3n) is 1.47. The largest absolute Gasteiger partial charge is 0.388 e. The molecule has 0 radical (unpaired) electrons. The second-order valence-electron chi connectivity index (χ2n) is 3.36. The van der Waals surface area contributed by atoms with Crippen LogP contribution in [0.25, 0.3) is 0 Å². The van der Waals surface area contributed by atoms with Crippen molar-refractivity contribution in [1.82, 2.24) is 4.90 Å². The van der Waals surface area contributed by atoms with Crippen LogP contribution in [0.15, 0.2) is 0 Å². The average Bonchev–Trinajstić information content (AvgIpc) is 1.82. The van der Waals surface area contributed by atoms with Gasteiger partial charge in [0.15, 0.2) is 0 Å². The Morgan fingerprint density at radius 1 is 1.55 bits per heavy atom. The van der Waals surface area contributed by atoms with Crippen LogP contribution in [0.5, 0.6) is 0 Å². The fraction of sp³-hybridized carbons (Fsp3) is 0.857. The molecule has 66 valence electrons. The molecule has 0 bridgehead atoms. The Balaban J connectivity index is 4.26. The van der Waals surface area contributed by atoms with Crippen LogP contribution in [0.2, 0.25) is 0 Å². The fourth-order valence-electron chi connectivity index (χ4n) is 0.580. The number of nitrogens with zero attached hydrogens (tertiary/aromatic N) is 1. The highest BCUT2D eigenvalue weighted by Gasteiger charge is 2.30. The first-order valence-electron chi connectivity index (χ1n) is 3.46. The van der Waals surface area contributed by atoms with Gasteiger partial charge in [-0.3, -0.25) is 4.79 Å². The topological polar surface area (TPSA) is 66.6 Å². The van der Waals surface area contributed by atoms with E-state index in [9.17, 15) is 9.90 Å². The quantitative estimate of drug-likeness (QED) is 0.554. The molecule has 4 heteroatoms. The van der Waals surface area contributed by atoms with Crippen LogP contribution in [0.4, 0.5) is 0 Å². The van der Waals surface area contributed by atoms with Gasteiger partial charge in [0.05, 0.1) is 5.60 Å². The number of rotatable bonds is 2. The molecule has 0 heterocycles. The van der Waals surface area contributed by atoms with Crippen molar-refractivity contribution < 1.29 is 9.90 Å². The predicted octanol–water partition coefficient (Wildman–Crippen LogP) is -0.827. The number of amides is 1. The predicted molar refractivity (Wildman–Crippen MR) is 43.0 cm³/mol. The number of hydrogen-bond donors (Lipinski definition) is 2. The van der Waals surface area contributed by atoms with E-state index in [1.165, 1.54) is 18.7 Å². The maximum atomic E-state index is 11.1. The van der Waals surface area contributed by atoms with Gasteiger partial charge in [-0.2, -0.15) is 0 Å². The smallest absolute Gasteiger partial charge is 0.241 e. The molecule has 0 aromatic heterocycles. The van der Waals surface area contributed by atoms with Crippen molar-refractivity contribution in [1.29, 1.82) is 0 Å². The molecular formula is C7H16N2O2. The number of aliphatic hydroxyl groups is 1. The molecule has 11 heavy (non-hydrogen) atoms. The van der Waals surface area contributed by atoms with Gasteiger partial charge >= 0.3 is 0 Å². The number of likely N-dealkylation sites (N-methyl/N-ethyl adjacent to an activating group) is 1. The van der Waals surface area contributed by atoms with E-state index in [4.69, 9.17) is 5.73 Å². The van der Waals surface area contributed by atoms with Gasteiger partial charge in [0.1, 0.15) is 6.04 Å². The third kappa shape index (κ3) is 2.86. The summed E-state index contributed by atoms with van der Waals surface area (Å²) in [6, 6.07) is -0.850. The highest BCUT2D eigenvalue weighted by atomic mass is 16.3. The summed E-state index contributed by atoms with van der Waals surface area (Å²) in [4.78, 5) is 12.5. The molecule has 0 fully saturated rings. The summed E-state index contributed by atoms with van der Waals surface area (Å²) in [5.41, 5.74) is 4.30. The van der Waals surface area contributed by atoms with E-state index in [-0.39, 0.29) is 5.91 Å². The average molecular weight is 160 g/mol.